The summed E-state index contributed by atoms with van der Waals surface area (Å²) >= 11 is 0. The van der Waals surface area contributed by atoms with E-state index < -0.39 is 0 Å². The number of aliphatic hydroxyl groups excluding tert-OH is 1. The molecule has 3 heterocycles. The van der Waals surface area contributed by atoms with Crippen LogP contribution in [-0.4, -0.2) is 58.3 Å². The van der Waals surface area contributed by atoms with E-state index in [2.05, 4.69) is 16.7 Å². The van der Waals surface area contributed by atoms with Crippen molar-refractivity contribution in [1.82, 2.24) is 14.9 Å². The minimum absolute atomic E-state index is 0.252. The maximum atomic E-state index is 10.4. The highest BCUT2D eigenvalue weighted by molar-refractivity contribution is 5.40. The average molecular weight is 302 g/mol. The Kier molecular flexibility index (Phi) is 3.78. The van der Waals surface area contributed by atoms with Gasteiger partial charge in [0.2, 0.25) is 5.95 Å². The largest absolute Gasteiger partial charge is 0.390 e. The fraction of sp³-hybridized carbons (Fsp3) is 0.765. The third kappa shape index (κ3) is 2.50. The van der Waals surface area contributed by atoms with Crippen LogP contribution in [0.4, 0.5) is 5.95 Å². The van der Waals surface area contributed by atoms with E-state index in [9.17, 15) is 5.11 Å². The fourth-order valence-corrected chi connectivity index (χ4v) is 4.27. The van der Waals surface area contributed by atoms with Crippen LogP contribution >= 0.6 is 0 Å². The van der Waals surface area contributed by atoms with Crippen molar-refractivity contribution in [3.05, 3.63) is 17.0 Å². The van der Waals surface area contributed by atoms with Crippen LogP contribution in [0.2, 0.25) is 0 Å². The fourth-order valence-electron chi connectivity index (χ4n) is 4.27. The zero-order valence-corrected chi connectivity index (χ0v) is 13.5. The van der Waals surface area contributed by atoms with Crippen LogP contribution < -0.4 is 4.90 Å². The molecule has 1 N–H and O–H groups in total. The van der Waals surface area contributed by atoms with Gasteiger partial charge in [0.1, 0.15) is 0 Å². The van der Waals surface area contributed by atoms with Crippen molar-refractivity contribution in [2.45, 2.75) is 57.6 Å². The number of aromatic nitrogens is 2. The lowest BCUT2D eigenvalue weighted by atomic mass is 9.95. The SMILES string of the molecule is Cc1nc(N2C[C@H](O)[C@@H](N3CCCC3)C2)nc2c1CCCC2. The second kappa shape index (κ2) is 5.78. The molecule has 1 aromatic heterocycles. The molecule has 5 heteroatoms. The van der Waals surface area contributed by atoms with Crippen molar-refractivity contribution >= 4 is 5.95 Å². The Hall–Kier alpha value is -1.20. The molecule has 1 aromatic rings. The van der Waals surface area contributed by atoms with Crippen LogP contribution in [0.25, 0.3) is 0 Å². The summed E-state index contributed by atoms with van der Waals surface area (Å²) in [7, 11) is 0. The number of hydrogen-bond acceptors (Lipinski definition) is 5. The maximum absolute atomic E-state index is 10.4. The summed E-state index contributed by atoms with van der Waals surface area (Å²) in [5.41, 5.74) is 3.75. The summed E-state index contributed by atoms with van der Waals surface area (Å²) in [6, 6.07) is 0.252. The standard InChI is InChI=1S/C17H26N4O/c1-12-13-6-2-3-7-14(13)19-17(18-12)21-10-15(16(22)11-21)20-8-4-5-9-20/h15-16,22H,2-11H2,1H3/t15-,16-/m0/s1. The topological polar surface area (TPSA) is 52.5 Å². The smallest absolute Gasteiger partial charge is 0.225 e. The number of anilines is 1. The van der Waals surface area contributed by atoms with E-state index in [0.717, 1.165) is 44.1 Å². The lowest BCUT2D eigenvalue weighted by Crippen LogP contribution is -2.41. The first-order valence-corrected chi connectivity index (χ1v) is 8.76. The van der Waals surface area contributed by atoms with Crippen LogP contribution in [0.15, 0.2) is 0 Å². The van der Waals surface area contributed by atoms with Gasteiger partial charge in [0.15, 0.2) is 0 Å². The first-order chi connectivity index (χ1) is 10.7. The molecule has 0 saturated carbocycles. The summed E-state index contributed by atoms with van der Waals surface area (Å²) in [6.07, 6.45) is 6.95. The Balaban J connectivity index is 1.56. The number of aliphatic hydroxyl groups is 1. The molecule has 4 rings (SSSR count). The summed E-state index contributed by atoms with van der Waals surface area (Å²) in [4.78, 5) is 14.2. The number of β-amino-alcohol motifs (C(OH)–C–C–N with tert-alkyl or cyclic N) is 1. The molecule has 2 atom stereocenters. The number of hydrogen-bond donors (Lipinski definition) is 1. The molecule has 22 heavy (non-hydrogen) atoms. The monoisotopic (exact) mass is 302 g/mol. The summed E-state index contributed by atoms with van der Waals surface area (Å²) in [5.74, 6) is 0.832. The van der Waals surface area contributed by atoms with E-state index in [0.29, 0.717) is 6.54 Å². The normalized spacial score (nSPS) is 29.1. The number of likely N-dealkylation sites (tertiary alicyclic amines) is 1. The van der Waals surface area contributed by atoms with E-state index >= 15 is 0 Å². The molecular weight excluding hydrogens is 276 g/mol. The molecule has 5 nitrogen and oxygen atoms in total. The van der Waals surface area contributed by atoms with Crippen LogP contribution in [0.3, 0.4) is 0 Å². The molecule has 3 aliphatic rings. The van der Waals surface area contributed by atoms with E-state index in [-0.39, 0.29) is 12.1 Å². The van der Waals surface area contributed by atoms with Crippen molar-refractivity contribution < 1.29 is 5.11 Å². The van der Waals surface area contributed by atoms with Crippen molar-refractivity contribution in [2.75, 3.05) is 31.1 Å². The van der Waals surface area contributed by atoms with Crippen LogP contribution in [0.5, 0.6) is 0 Å². The molecule has 2 aliphatic heterocycles. The zero-order valence-electron chi connectivity index (χ0n) is 13.5. The first-order valence-electron chi connectivity index (χ1n) is 8.76. The third-order valence-electron chi connectivity index (χ3n) is 5.53. The lowest BCUT2D eigenvalue weighted by molar-refractivity contribution is 0.0986. The van der Waals surface area contributed by atoms with Crippen LogP contribution in [0, 0.1) is 6.92 Å². The molecule has 2 saturated heterocycles. The second-order valence-corrected chi connectivity index (χ2v) is 7.02. The second-order valence-electron chi connectivity index (χ2n) is 7.02. The summed E-state index contributed by atoms with van der Waals surface area (Å²) < 4.78 is 0. The molecule has 0 aromatic carbocycles. The Bertz CT molecular complexity index is 556. The van der Waals surface area contributed by atoms with Crippen molar-refractivity contribution in [2.24, 2.45) is 0 Å². The molecule has 0 unspecified atom stereocenters. The Labute approximate surface area is 132 Å². The highest BCUT2D eigenvalue weighted by Gasteiger charge is 2.37. The minimum atomic E-state index is -0.280. The Morgan fingerprint density at radius 3 is 2.59 bits per heavy atom. The highest BCUT2D eigenvalue weighted by atomic mass is 16.3. The van der Waals surface area contributed by atoms with Gasteiger partial charge in [-0.15, -0.1) is 0 Å². The predicted octanol–water partition coefficient (Wildman–Crippen LogP) is 1.31. The zero-order chi connectivity index (χ0) is 15.1. The van der Waals surface area contributed by atoms with Gasteiger partial charge in [-0.25, -0.2) is 9.97 Å². The van der Waals surface area contributed by atoms with Gasteiger partial charge in [0, 0.05) is 24.5 Å². The van der Waals surface area contributed by atoms with Gasteiger partial charge in [0.25, 0.3) is 0 Å². The van der Waals surface area contributed by atoms with Gasteiger partial charge in [-0.1, -0.05) is 0 Å². The molecular formula is C17H26N4O. The molecule has 0 spiro atoms. The van der Waals surface area contributed by atoms with E-state index in [1.54, 1.807) is 0 Å². The lowest BCUT2D eigenvalue weighted by Gasteiger charge is -2.25. The number of aryl methyl sites for hydroxylation is 2. The number of rotatable bonds is 2. The van der Waals surface area contributed by atoms with E-state index in [1.807, 2.05) is 0 Å². The van der Waals surface area contributed by atoms with Crippen LogP contribution in [-0.2, 0) is 12.8 Å². The highest BCUT2D eigenvalue weighted by Crippen LogP contribution is 2.27. The molecule has 0 bridgehead atoms. The van der Waals surface area contributed by atoms with Crippen molar-refractivity contribution in [3.63, 3.8) is 0 Å². The Morgan fingerprint density at radius 2 is 1.77 bits per heavy atom. The minimum Gasteiger partial charge on any atom is -0.390 e. The van der Waals surface area contributed by atoms with Gasteiger partial charge < -0.3 is 10.0 Å². The third-order valence-corrected chi connectivity index (χ3v) is 5.53. The van der Waals surface area contributed by atoms with Crippen molar-refractivity contribution in [1.29, 1.82) is 0 Å². The van der Waals surface area contributed by atoms with E-state index in [4.69, 9.17) is 9.97 Å². The molecule has 120 valence electrons. The quantitative estimate of drug-likeness (QED) is 0.893. The number of fused-ring (bicyclic) bond motifs is 1. The van der Waals surface area contributed by atoms with Gasteiger partial charge in [-0.2, -0.15) is 0 Å². The van der Waals surface area contributed by atoms with Gasteiger partial charge >= 0.3 is 0 Å². The molecule has 0 amide bonds. The van der Waals surface area contributed by atoms with Crippen molar-refractivity contribution in [3.8, 4) is 0 Å². The average Bonchev–Trinajstić information content (AvgIpc) is 3.16. The van der Waals surface area contributed by atoms with Gasteiger partial charge in [0.05, 0.1) is 12.1 Å². The van der Waals surface area contributed by atoms with Crippen LogP contribution in [0.1, 0.15) is 42.6 Å². The maximum Gasteiger partial charge on any atom is 0.225 e. The first kappa shape index (κ1) is 14.4. The molecule has 1 aliphatic carbocycles. The summed E-state index contributed by atoms with van der Waals surface area (Å²) in [5, 5.41) is 10.4. The molecule has 2 fully saturated rings. The molecule has 0 radical (unpaired) electrons. The van der Waals surface area contributed by atoms with Gasteiger partial charge in [-0.3, -0.25) is 4.90 Å². The summed E-state index contributed by atoms with van der Waals surface area (Å²) in [6.45, 7) is 5.89. The number of nitrogens with zero attached hydrogens (tertiary/aromatic N) is 4. The Morgan fingerprint density at radius 1 is 1.00 bits per heavy atom. The predicted molar refractivity (Wildman–Crippen MR) is 86.2 cm³/mol. The van der Waals surface area contributed by atoms with E-state index in [1.165, 1.54) is 36.9 Å². The van der Waals surface area contributed by atoms with Gasteiger partial charge in [-0.05, 0) is 64.1 Å².